The van der Waals surface area contributed by atoms with Crippen molar-refractivity contribution in [3.05, 3.63) is 34.6 Å². The van der Waals surface area contributed by atoms with E-state index in [-0.39, 0.29) is 23.0 Å². The zero-order chi connectivity index (χ0) is 14.4. The minimum atomic E-state index is -0.669. The highest BCUT2D eigenvalue weighted by molar-refractivity contribution is 6.31. The van der Waals surface area contributed by atoms with Gasteiger partial charge >= 0.3 is 0 Å². The number of nitrogens with zero attached hydrogens (tertiary/aromatic N) is 1. The van der Waals surface area contributed by atoms with Gasteiger partial charge in [0.2, 0.25) is 5.91 Å². The number of amides is 2. The van der Waals surface area contributed by atoms with E-state index in [9.17, 15) is 14.0 Å². The van der Waals surface area contributed by atoms with Gasteiger partial charge in [0.05, 0.1) is 12.1 Å². The van der Waals surface area contributed by atoms with Crippen molar-refractivity contribution in [2.24, 2.45) is 0 Å². The van der Waals surface area contributed by atoms with E-state index in [4.69, 9.17) is 11.6 Å². The number of hydrogen-bond acceptors (Lipinski definition) is 2. The summed E-state index contributed by atoms with van der Waals surface area (Å²) < 4.78 is 13.4. The first-order chi connectivity index (χ1) is 8.99. The molecule has 0 aliphatic carbocycles. The summed E-state index contributed by atoms with van der Waals surface area (Å²) in [5, 5.41) is 2.65. The summed E-state index contributed by atoms with van der Waals surface area (Å²) >= 11 is 5.70. The molecule has 1 aromatic rings. The fraction of sp³-hybridized carbons (Fsp3) is 0.385. The van der Waals surface area contributed by atoms with Gasteiger partial charge in [-0.1, -0.05) is 11.6 Å². The van der Waals surface area contributed by atoms with E-state index in [0.717, 1.165) is 6.07 Å². The molecule has 0 aliphatic rings. The van der Waals surface area contributed by atoms with Crippen LogP contribution in [0.5, 0.6) is 0 Å². The summed E-state index contributed by atoms with van der Waals surface area (Å²) in [4.78, 5) is 25.0. The first-order valence-electron chi connectivity index (χ1n) is 6.00. The quantitative estimate of drug-likeness (QED) is 0.901. The van der Waals surface area contributed by atoms with E-state index >= 15 is 0 Å². The molecule has 0 unspecified atom stereocenters. The van der Waals surface area contributed by atoms with E-state index in [2.05, 4.69) is 5.32 Å². The number of halogens is 2. The number of nitrogens with one attached hydrogen (secondary N) is 1. The largest absolute Gasteiger partial charge is 0.343 e. The Morgan fingerprint density at radius 2 is 1.95 bits per heavy atom. The van der Waals surface area contributed by atoms with E-state index in [1.54, 1.807) is 4.90 Å². The first-order valence-corrected chi connectivity index (χ1v) is 6.38. The second-order valence-electron chi connectivity index (χ2n) is 3.87. The molecule has 0 radical (unpaired) electrons. The summed E-state index contributed by atoms with van der Waals surface area (Å²) in [6, 6.07) is 3.70. The number of carbonyl (C=O) groups is 2. The maximum atomic E-state index is 13.4. The van der Waals surface area contributed by atoms with E-state index in [1.165, 1.54) is 12.1 Å². The number of benzene rings is 1. The van der Waals surface area contributed by atoms with Crippen LogP contribution in [0.4, 0.5) is 4.39 Å². The molecule has 0 saturated carbocycles. The zero-order valence-electron chi connectivity index (χ0n) is 10.9. The Balaban J connectivity index is 2.65. The fourth-order valence-electron chi connectivity index (χ4n) is 1.61. The van der Waals surface area contributed by atoms with Crippen molar-refractivity contribution in [1.82, 2.24) is 10.2 Å². The molecule has 6 heteroatoms. The first kappa shape index (κ1) is 15.4. The lowest BCUT2D eigenvalue weighted by molar-refractivity contribution is -0.129. The Hall–Kier alpha value is -1.62. The molecule has 19 heavy (non-hydrogen) atoms. The molecule has 0 heterocycles. The van der Waals surface area contributed by atoms with Gasteiger partial charge in [-0.2, -0.15) is 0 Å². The van der Waals surface area contributed by atoms with E-state index in [0.29, 0.717) is 13.1 Å². The molecule has 0 aliphatic heterocycles. The topological polar surface area (TPSA) is 49.4 Å². The van der Waals surface area contributed by atoms with Crippen molar-refractivity contribution in [1.29, 1.82) is 0 Å². The number of rotatable bonds is 5. The van der Waals surface area contributed by atoms with Crippen LogP contribution >= 0.6 is 11.6 Å². The molecule has 4 nitrogen and oxygen atoms in total. The zero-order valence-corrected chi connectivity index (χ0v) is 11.6. The predicted molar refractivity (Wildman–Crippen MR) is 71.7 cm³/mol. The van der Waals surface area contributed by atoms with Gasteiger partial charge in [0, 0.05) is 18.1 Å². The van der Waals surface area contributed by atoms with Crippen molar-refractivity contribution in [3.8, 4) is 0 Å². The van der Waals surface area contributed by atoms with Crippen LogP contribution in [-0.4, -0.2) is 36.3 Å². The van der Waals surface area contributed by atoms with Crippen molar-refractivity contribution < 1.29 is 14.0 Å². The summed E-state index contributed by atoms with van der Waals surface area (Å²) in [5.41, 5.74) is -0.167. The smallest absolute Gasteiger partial charge is 0.254 e. The summed E-state index contributed by atoms with van der Waals surface area (Å²) in [5.74, 6) is -1.53. The van der Waals surface area contributed by atoms with Gasteiger partial charge in [-0.15, -0.1) is 0 Å². The predicted octanol–water partition coefficient (Wildman–Crippen LogP) is 2.08. The van der Waals surface area contributed by atoms with Crippen molar-refractivity contribution in [2.45, 2.75) is 13.8 Å². The van der Waals surface area contributed by atoms with Crippen molar-refractivity contribution in [3.63, 3.8) is 0 Å². The third-order valence-corrected chi connectivity index (χ3v) is 2.92. The second kappa shape index (κ2) is 7.09. The Kier molecular flexibility index (Phi) is 5.76. The lowest BCUT2D eigenvalue weighted by Gasteiger charge is -2.18. The fourth-order valence-corrected chi connectivity index (χ4v) is 1.78. The molecule has 0 saturated heterocycles. The molecule has 0 atom stereocenters. The lowest BCUT2D eigenvalue weighted by atomic mass is 10.2. The van der Waals surface area contributed by atoms with Crippen LogP contribution < -0.4 is 5.32 Å². The van der Waals surface area contributed by atoms with Crippen molar-refractivity contribution >= 4 is 23.4 Å². The van der Waals surface area contributed by atoms with E-state index in [1.807, 2.05) is 13.8 Å². The monoisotopic (exact) mass is 286 g/mol. The van der Waals surface area contributed by atoms with Gasteiger partial charge in [-0.3, -0.25) is 9.59 Å². The van der Waals surface area contributed by atoms with Crippen LogP contribution in [0.2, 0.25) is 5.02 Å². The summed E-state index contributed by atoms with van der Waals surface area (Å²) in [6.45, 7) is 4.67. The molecule has 1 N–H and O–H groups in total. The number of hydrogen-bond donors (Lipinski definition) is 1. The van der Waals surface area contributed by atoms with Crippen LogP contribution in [0.15, 0.2) is 18.2 Å². The molecule has 0 bridgehead atoms. The minimum absolute atomic E-state index is 0.160. The van der Waals surface area contributed by atoms with Crippen LogP contribution in [-0.2, 0) is 4.79 Å². The maximum absolute atomic E-state index is 13.4. The van der Waals surface area contributed by atoms with Gasteiger partial charge in [-0.05, 0) is 32.0 Å². The highest BCUT2D eigenvalue weighted by Crippen LogP contribution is 2.14. The Morgan fingerprint density at radius 1 is 1.32 bits per heavy atom. The molecule has 1 rings (SSSR count). The van der Waals surface area contributed by atoms with Gasteiger partial charge in [0.1, 0.15) is 5.82 Å². The SMILES string of the molecule is CCN(CC)C(=O)CNC(=O)c1cc(Cl)ccc1F. The molecular weight excluding hydrogens is 271 g/mol. The minimum Gasteiger partial charge on any atom is -0.343 e. The van der Waals surface area contributed by atoms with Crippen LogP contribution in [0, 0.1) is 5.82 Å². The number of likely N-dealkylation sites (N-methyl/N-ethyl adjacent to an activating group) is 1. The summed E-state index contributed by atoms with van der Waals surface area (Å²) in [7, 11) is 0. The molecule has 0 aromatic heterocycles. The molecule has 0 spiro atoms. The van der Waals surface area contributed by atoms with Crippen LogP contribution in [0.3, 0.4) is 0 Å². The Bertz CT molecular complexity index is 476. The average Bonchev–Trinajstić information content (AvgIpc) is 2.40. The highest BCUT2D eigenvalue weighted by Gasteiger charge is 2.15. The third kappa shape index (κ3) is 4.21. The molecule has 1 aromatic carbocycles. The van der Waals surface area contributed by atoms with Crippen LogP contribution in [0.25, 0.3) is 0 Å². The summed E-state index contributed by atoms with van der Waals surface area (Å²) in [6.07, 6.45) is 0. The number of carbonyl (C=O) groups excluding carboxylic acids is 2. The maximum Gasteiger partial charge on any atom is 0.254 e. The molecule has 104 valence electrons. The Labute approximate surface area is 116 Å². The molecular formula is C13H16ClFN2O2. The second-order valence-corrected chi connectivity index (χ2v) is 4.31. The molecule has 2 amide bonds. The Morgan fingerprint density at radius 3 is 2.53 bits per heavy atom. The van der Waals surface area contributed by atoms with Gasteiger partial charge < -0.3 is 10.2 Å². The lowest BCUT2D eigenvalue weighted by Crippen LogP contribution is -2.40. The highest BCUT2D eigenvalue weighted by atomic mass is 35.5. The van der Waals surface area contributed by atoms with Crippen molar-refractivity contribution in [2.75, 3.05) is 19.6 Å². The average molecular weight is 287 g/mol. The van der Waals surface area contributed by atoms with Crippen LogP contribution in [0.1, 0.15) is 24.2 Å². The van der Waals surface area contributed by atoms with Gasteiger partial charge in [-0.25, -0.2) is 4.39 Å². The van der Waals surface area contributed by atoms with Gasteiger partial charge in [0.15, 0.2) is 0 Å². The molecule has 0 fully saturated rings. The van der Waals surface area contributed by atoms with E-state index < -0.39 is 11.7 Å². The standard InChI is InChI=1S/C13H16ClFN2O2/c1-3-17(4-2)12(18)8-16-13(19)10-7-9(14)5-6-11(10)15/h5-7H,3-4,8H2,1-2H3,(H,16,19). The normalized spacial score (nSPS) is 10.1. The third-order valence-electron chi connectivity index (χ3n) is 2.69. The van der Waals surface area contributed by atoms with Gasteiger partial charge in [0.25, 0.3) is 5.91 Å².